The highest BCUT2D eigenvalue weighted by atomic mass is 35.5. The molecule has 1 aliphatic rings. The normalized spacial score (nSPS) is 15.7. The molecule has 1 aromatic heterocycles. The van der Waals surface area contributed by atoms with Gasteiger partial charge in [-0.25, -0.2) is 8.42 Å². The first-order valence-corrected chi connectivity index (χ1v) is 10.9. The van der Waals surface area contributed by atoms with Crippen LogP contribution < -0.4 is 5.32 Å². The van der Waals surface area contributed by atoms with Gasteiger partial charge in [0.1, 0.15) is 10.9 Å². The number of hydrogen-bond acceptors (Lipinski definition) is 7. The van der Waals surface area contributed by atoms with Crippen LogP contribution in [0.3, 0.4) is 0 Å². The average molecular weight is 443 g/mol. The number of amides is 1. The number of nitrogens with zero attached hydrogens (tertiary/aromatic N) is 3. The Morgan fingerprint density at radius 1 is 1.38 bits per heavy atom. The smallest absolute Gasteiger partial charge is 0.266 e. The summed E-state index contributed by atoms with van der Waals surface area (Å²) in [5.41, 5.74) is 0.130. The van der Waals surface area contributed by atoms with Crippen LogP contribution in [0.25, 0.3) is 0 Å². The van der Waals surface area contributed by atoms with E-state index in [2.05, 4.69) is 15.5 Å². The van der Waals surface area contributed by atoms with E-state index in [4.69, 9.17) is 21.0 Å². The van der Waals surface area contributed by atoms with Crippen LogP contribution in [-0.2, 0) is 14.9 Å². The summed E-state index contributed by atoms with van der Waals surface area (Å²) >= 11 is 6.05. The van der Waals surface area contributed by atoms with Crippen molar-refractivity contribution in [1.82, 2.24) is 19.9 Å². The van der Waals surface area contributed by atoms with Gasteiger partial charge < -0.3 is 9.84 Å². The van der Waals surface area contributed by atoms with Gasteiger partial charge in [-0.05, 0) is 37.0 Å². The van der Waals surface area contributed by atoms with Gasteiger partial charge >= 0.3 is 0 Å². The van der Waals surface area contributed by atoms with Gasteiger partial charge in [-0.3, -0.25) is 9.63 Å². The topological polar surface area (TPSA) is 115 Å². The summed E-state index contributed by atoms with van der Waals surface area (Å²) in [5, 5.41) is 6.82. The molecule has 1 unspecified atom stereocenters. The van der Waals surface area contributed by atoms with Crippen LogP contribution in [-0.4, -0.2) is 43.1 Å². The van der Waals surface area contributed by atoms with Crippen molar-refractivity contribution in [2.24, 2.45) is 5.92 Å². The van der Waals surface area contributed by atoms with E-state index in [1.54, 1.807) is 0 Å². The fraction of sp³-hybridized carbons (Fsp3) is 0.500. The van der Waals surface area contributed by atoms with Crippen LogP contribution in [0.5, 0.6) is 0 Å². The standard InChI is InChI=1S/C18H23ClN4O5S/c1-10(2)15(18-21-16(22-28-18)11-5-6-11)20-17(24)12-7-8-13(19)14(9-12)29(25,26)23(3)27-4/h7-11,15H,5-6H2,1-4H3,(H,20,24). The molecule has 1 amide bonds. The second kappa shape index (κ2) is 8.39. The van der Waals surface area contributed by atoms with E-state index in [0.29, 0.717) is 22.1 Å². The first-order chi connectivity index (χ1) is 13.6. The molecule has 3 rings (SSSR count). The number of hydroxylamine groups is 1. The molecule has 0 bridgehead atoms. The Bertz CT molecular complexity index is 1000. The number of hydrogen-bond donors (Lipinski definition) is 1. The zero-order valence-electron chi connectivity index (χ0n) is 16.5. The van der Waals surface area contributed by atoms with E-state index in [0.717, 1.165) is 12.8 Å². The number of aromatic nitrogens is 2. The zero-order valence-corrected chi connectivity index (χ0v) is 18.1. The highest BCUT2D eigenvalue weighted by Crippen LogP contribution is 2.38. The van der Waals surface area contributed by atoms with Crippen LogP contribution in [0.15, 0.2) is 27.6 Å². The van der Waals surface area contributed by atoms with Crippen molar-refractivity contribution in [3.8, 4) is 0 Å². The monoisotopic (exact) mass is 442 g/mol. The van der Waals surface area contributed by atoms with Gasteiger partial charge in [0.15, 0.2) is 5.82 Å². The van der Waals surface area contributed by atoms with E-state index in [1.165, 1.54) is 32.4 Å². The van der Waals surface area contributed by atoms with Gasteiger partial charge in [-0.2, -0.15) is 4.98 Å². The summed E-state index contributed by atoms with van der Waals surface area (Å²) in [5.74, 6) is 0.806. The maximum absolute atomic E-state index is 12.8. The number of carbonyl (C=O) groups excluding carboxylic acids is 1. The van der Waals surface area contributed by atoms with Crippen molar-refractivity contribution in [2.45, 2.75) is 43.5 Å². The van der Waals surface area contributed by atoms with Gasteiger partial charge in [0.25, 0.3) is 15.9 Å². The Labute approximate surface area is 174 Å². The highest BCUT2D eigenvalue weighted by Gasteiger charge is 2.32. The Morgan fingerprint density at radius 3 is 2.66 bits per heavy atom. The largest absolute Gasteiger partial charge is 0.340 e. The number of carbonyl (C=O) groups is 1. The van der Waals surface area contributed by atoms with Crippen molar-refractivity contribution < 1.29 is 22.6 Å². The summed E-state index contributed by atoms with van der Waals surface area (Å²) in [6, 6.07) is 3.50. The molecule has 158 valence electrons. The van der Waals surface area contributed by atoms with Gasteiger partial charge in [0.05, 0.1) is 12.1 Å². The van der Waals surface area contributed by atoms with E-state index in [9.17, 15) is 13.2 Å². The van der Waals surface area contributed by atoms with Gasteiger partial charge in [0, 0.05) is 18.5 Å². The summed E-state index contributed by atoms with van der Waals surface area (Å²) in [4.78, 5) is 21.8. The molecule has 1 saturated carbocycles. The summed E-state index contributed by atoms with van der Waals surface area (Å²) in [6.45, 7) is 3.83. The van der Waals surface area contributed by atoms with Crippen molar-refractivity contribution in [3.63, 3.8) is 0 Å². The zero-order chi connectivity index (χ0) is 21.3. The minimum absolute atomic E-state index is 0.0168. The van der Waals surface area contributed by atoms with Crippen molar-refractivity contribution >= 4 is 27.5 Å². The lowest BCUT2D eigenvalue weighted by Crippen LogP contribution is -2.32. The second-order valence-corrected chi connectivity index (χ2v) is 9.51. The number of rotatable bonds is 8. The molecule has 0 spiro atoms. The summed E-state index contributed by atoms with van der Waals surface area (Å²) in [6.07, 6.45) is 2.07. The van der Waals surface area contributed by atoms with Crippen LogP contribution in [0.1, 0.15) is 60.7 Å². The summed E-state index contributed by atoms with van der Waals surface area (Å²) in [7, 11) is -1.56. The van der Waals surface area contributed by atoms with E-state index in [-0.39, 0.29) is 21.4 Å². The van der Waals surface area contributed by atoms with Gasteiger partial charge in [0.2, 0.25) is 5.89 Å². The Morgan fingerprint density at radius 2 is 2.07 bits per heavy atom. The number of sulfonamides is 1. The Kier molecular flexibility index (Phi) is 6.27. The van der Waals surface area contributed by atoms with E-state index in [1.807, 2.05) is 13.8 Å². The molecule has 1 aromatic carbocycles. The third kappa shape index (κ3) is 4.61. The minimum Gasteiger partial charge on any atom is -0.340 e. The first kappa shape index (κ1) is 21.7. The quantitative estimate of drug-likeness (QED) is 0.625. The molecule has 9 nitrogen and oxygen atoms in total. The predicted octanol–water partition coefficient (Wildman–Crippen LogP) is 2.91. The number of benzene rings is 1. The highest BCUT2D eigenvalue weighted by molar-refractivity contribution is 7.89. The van der Waals surface area contributed by atoms with Gasteiger partial charge in [-0.15, -0.1) is 0 Å². The lowest BCUT2D eigenvalue weighted by molar-refractivity contribution is -0.0258. The molecule has 1 atom stereocenters. The van der Waals surface area contributed by atoms with Crippen LogP contribution in [0.2, 0.25) is 5.02 Å². The molecule has 0 radical (unpaired) electrons. The summed E-state index contributed by atoms with van der Waals surface area (Å²) < 4.78 is 31.1. The molecule has 1 heterocycles. The minimum atomic E-state index is -4.01. The predicted molar refractivity (Wildman–Crippen MR) is 105 cm³/mol. The van der Waals surface area contributed by atoms with Crippen molar-refractivity contribution in [2.75, 3.05) is 14.2 Å². The molecule has 0 aliphatic heterocycles. The SMILES string of the molecule is CON(C)S(=O)(=O)c1cc(C(=O)NC(c2nc(C3CC3)no2)C(C)C)ccc1Cl. The van der Waals surface area contributed by atoms with Crippen molar-refractivity contribution in [3.05, 3.63) is 40.5 Å². The van der Waals surface area contributed by atoms with E-state index >= 15 is 0 Å². The molecule has 1 fully saturated rings. The lowest BCUT2D eigenvalue weighted by atomic mass is 10.0. The molecular formula is C18H23ClN4O5S. The maximum atomic E-state index is 12.8. The fourth-order valence-corrected chi connectivity index (χ4v) is 4.17. The van der Waals surface area contributed by atoms with Gasteiger partial charge in [-0.1, -0.05) is 35.1 Å². The lowest BCUT2D eigenvalue weighted by Gasteiger charge is -2.19. The average Bonchev–Trinajstić information content (AvgIpc) is 3.42. The maximum Gasteiger partial charge on any atom is 0.266 e. The third-order valence-electron chi connectivity index (χ3n) is 4.69. The number of nitrogens with one attached hydrogen (secondary N) is 1. The molecule has 29 heavy (non-hydrogen) atoms. The molecule has 11 heteroatoms. The molecule has 2 aromatic rings. The number of halogens is 1. The third-order valence-corrected chi connectivity index (χ3v) is 6.85. The molecule has 1 N–H and O–H groups in total. The van der Waals surface area contributed by atoms with Crippen molar-refractivity contribution in [1.29, 1.82) is 0 Å². The Balaban J connectivity index is 1.86. The molecular weight excluding hydrogens is 420 g/mol. The molecule has 0 saturated heterocycles. The van der Waals surface area contributed by atoms with E-state index < -0.39 is 22.0 Å². The van der Waals surface area contributed by atoms with Crippen LogP contribution in [0.4, 0.5) is 0 Å². The Hall–Kier alpha value is -2.01. The van der Waals surface area contributed by atoms with Crippen LogP contribution >= 0.6 is 11.6 Å². The van der Waals surface area contributed by atoms with Crippen LogP contribution in [0, 0.1) is 5.92 Å². The molecule has 1 aliphatic carbocycles. The first-order valence-electron chi connectivity index (χ1n) is 9.12. The fourth-order valence-electron chi connectivity index (χ4n) is 2.70. The second-order valence-electron chi connectivity index (χ2n) is 7.20.